The second-order valence-corrected chi connectivity index (χ2v) is 2.46. The van der Waals surface area contributed by atoms with Crippen LogP contribution in [0.25, 0.3) is 0 Å². The van der Waals surface area contributed by atoms with E-state index in [-0.39, 0.29) is 6.03 Å². The molecule has 0 unspecified atom stereocenters. The summed E-state index contributed by atoms with van der Waals surface area (Å²) in [6.07, 6.45) is 4.97. The molecule has 1 aliphatic rings. The van der Waals surface area contributed by atoms with Crippen molar-refractivity contribution in [3.63, 3.8) is 0 Å². The highest BCUT2D eigenvalue weighted by molar-refractivity contribution is 5.79. The van der Waals surface area contributed by atoms with E-state index < -0.39 is 0 Å². The molecule has 0 aromatic carbocycles. The van der Waals surface area contributed by atoms with Gasteiger partial charge in [0.2, 0.25) is 0 Å². The summed E-state index contributed by atoms with van der Waals surface area (Å²) in [5.41, 5.74) is 0. The van der Waals surface area contributed by atoms with Gasteiger partial charge in [0.1, 0.15) is 0 Å². The molecule has 0 bridgehead atoms. The van der Waals surface area contributed by atoms with Gasteiger partial charge in [0.05, 0.1) is 6.54 Å². The molecule has 4 nitrogen and oxygen atoms in total. The van der Waals surface area contributed by atoms with E-state index in [1.54, 1.807) is 37.6 Å². The minimum absolute atomic E-state index is 0.0209. The first-order valence-corrected chi connectivity index (χ1v) is 3.38. The Morgan fingerprint density at radius 1 is 1.64 bits per heavy atom. The fraction of sp³-hybridized carbons (Fsp3) is 0.429. The van der Waals surface area contributed by atoms with Crippen molar-refractivity contribution < 1.29 is 4.79 Å². The Kier molecular flexibility index (Phi) is 2.25. The lowest BCUT2D eigenvalue weighted by Crippen LogP contribution is -2.37. The van der Waals surface area contributed by atoms with Gasteiger partial charge in [0.25, 0.3) is 0 Å². The molecule has 60 valence electrons. The van der Waals surface area contributed by atoms with Crippen molar-refractivity contribution in [2.45, 2.75) is 0 Å². The van der Waals surface area contributed by atoms with E-state index in [0.717, 1.165) is 0 Å². The van der Waals surface area contributed by atoms with Crippen LogP contribution in [0, 0.1) is 0 Å². The number of urea groups is 1. The topological polar surface area (TPSA) is 35.9 Å². The van der Waals surface area contributed by atoms with E-state index in [4.69, 9.17) is 0 Å². The van der Waals surface area contributed by atoms with Gasteiger partial charge in [-0.3, -0.25) is 9.89 Å². The van der Waals surface area contributed by atoms with Crippen LogP contribution >= 0.6 is 0 Å². The molecule has 1 aliphatic heterocycles. The maximum absolute atomic E-state index is 11.2. The molecule has 2 amide bonds. The number of carbonyl (C=O) groups is 1. The van der Waals surface area contributed by atoms with E-state index in [2.05, 4.69) is 4.99 Å². The molecule has 0 saturated carbocycles. The molecule has 0 aliphatic carbocycles. The van der Waals surface area contributed by atoms with Gasteiger partial charge in [0.15, 0.2) is 0 Å². The molecule has 0 fully saturated rings. The highest BCUT2D eigenvalue weighted by atomic mass is 16.2. The summed E-state index contributed by atoms with van der Waals surface area (Å²) in [5, 5.41) is 0. The van der Waals surface area contributed by atoms with Crippen molar-refractivity contribution >= 4 is 12.2 Å². The molecule has 0 radical (unpaired) electrons. The summed E-state index contributed by atoms with van der Waals surface area (Å²) in [6, 6.07) is -0.0209. The van der Waals surface area contributed by atoms with Gasteiger partial charge in [-0.1, -0.05) is 0 Å². The molecule has 0 atom stereocenters. The van der Waals surface area contributed by atoms with Gasteiger partial charge >= 0.3 is 6.03 Å². The zero-order chi connectivity index (χ0) is 8.27. The van der Waals surface area contributed by atoms with Crippen LogP contribution in [0.5, 0.6) is 0 Å². The van der Waals surface area contributed by atoms with E-state index in [0.29, 0.717) is 6.54 Å². The Labute approximate surface area is 65.8 Å². The first kappa shape index (κ1) is 7.78. The van der Waals surface area contributed by atoms with Crippen LogP contribution in [0.2, 0.25) is 0 Å². The highest BCUT2D eigenvalue weighted by Gasteiger charge is 2.11. The molecule has 0 N–H and O–H groups in total. The average molecular weight is 153 g/mol. The highest BCUT2D eigenvalue weighted by Crippen LogP contribution is 1.98. The molecular formula is C7H11N3O. The minimum Gasteiger partial charge on any atom is -0.330 e. The van der Waals surface area contributed by atoms with Gasteiger partial charge in [-0.2, -0.15) is 0 Å². The summed E-state index contributed by atoms with van der Waals surface area (Å²) >= 11 is 0. The van der Waals surface area contributed by atoms with Crippen LogP contribution in [0.3, 0.4) is 0 Å². The lowest BCUT2D eigenvalue weighted by molar-refractivity contribution is 0.193. The standard InChI is InChI=1S/C7H11N3O/c1-9(2)7(11)10-5-3-8-4-6-10/h3-5H,6H2,1-2H3. The van der Waals surface area contributed by atoms with E-state index in [1.807, 2.05) is 0 Å². The fourth-order valence-electron chi connectivity index (χ4n) is 0.775. The molecule has 0 aromatic rings. The third-order valence-electron chi connectivity index (χ3n) is 1.34. The van der Waals surface area contributed by atoms with E-state index in [9.17, 15) is 4.79 Å². The number of aliphatic imine (C=N–C) groups is 1. The predicted octanol–water partition coefficient (Wildman–Crippen LogP) is 0.526. The molecule has 4 heteroatoms. The summed E-state index contributed by atoms with van der Waals surface area (Å²) < 4.78 is 0. The lowest BCUT2D eigenvalue weighted by Gasteiger charge is -2.21. The second kappa shape index (κ2) is 3.18. The number of hydrogen-bond donors (Lipinski definition) is 0. The number of amides is 2. The minimum atomic E-state index is -0.0209. The Balaban J connectivity index is 2.55. The molecule has 1 heterocycles. The predicted molar refractivity (Wildman–Crippen MR) is 43.4 cm³/mol. The summed E-state index contributed by atoms with van der Waals surface area (Å²) in [5.74, 6) is 0. The molecule has 0 spiro atoms. The van der Waals surface area contributed by atoms with Crippen molar-refractivity contribution in [3.8, 4) is 0 Å². The van der Waals surface area contributed by atoms with E-state index >= 15 is 0 Å². The zero-order valence-electron chi connectivity index (χ0n) is 6.69. The SMILES string of the molecule is CN(C)C(=O)N1C=CN=CC1. The van der Waals surface area contributed by atoms with Gasteiger partial charge in [-0.25, -0.2) is 4.79 Å². The van der Waals surface area contributed by atoms with Crippen molar-refractivity contribution in [2.75, 3.05) is 20.6 Å². The number of nitrogens with zero attached hydrogens (tertiary/aromatic N) is 3. The monoisotopic (exact) mass is 153 g/mol. The summed E-state index contributed by atoms with van der Waals surface area (Å²) in [6.45, 7) is 0.563. The van der Waals surface area contributed by atoms with Crippen molar-refractivity contribution in [1.82, 2.24) is 9.80 Å². The molecule has 1 rings (SSSR count). The molecule has 0 saturated heterocycles. The van der Waals surface area contributed by atoms with Crippen molar-refractivity contribution in [2.24, 2.45) is 4.99 Å². The maximum atomic E-state index is 11.2. The third kappa shape index (κ3) is 1.80. The van der Waals surface area contributed by atoms with Crippen molar-refractivity contribution in [3.05, 3.63) is 12.4 Å². The Morgan fingerprint density at radius 3 is 2.82 bits per heavy atom. The maximum Gasteiger partial charge on any atom is 0.323 e. The molecular weight excluding hydrogens is 142 g/mol. The van der Waals surface area contributed by atoms with Crippen LogP contribution in [-0.2, 0) is 0 Å². The van der Waals surface area contributed by atoms with Crippen LogP contribution in [0.4, 0.5) is 4.79 Å². The summed E-state index contributed by atoms with van der Waals surface area (Å²) in [7, 11) is 3.45. The molecule has 11 heavy (non-hydrogen) atoms. The Bertz CT molecular complexity index is 208. The summed E-state index contributed by atoms with van der Waals surface area (Å²) in [4.78, 5) is 18.2. The second-order valence-electron chi connectivity index (χ2n) is 2.46. The Hall–Kier alpha value is -1.32. The van der Waals surface area contributed by atoms with Crippen LogP contribution in [0.1, 0.15) is 0 Å². The third-order valence-corrected chi connectivity index (χ3v) is 1.34. The van der Waals surface area contributed by atoms with Gasteiger partial charge < -0.3 is 4.90 Å². The molecule has 0 aromatic heterocycles. The van der Waals surface area contributed by atoms with Crippen LogP contribution in [-0.4, -0.2) is 42.7 Å². The number of hydrogen-bond acceptors (Lipinski definition) is 2. The quantitative estimate of drug-likeness (QED) is 0.500. The zero-order valence-corrected chi connectivity index (χ0v) is 6.69. The van der Waals surface area contributed by atoms with Crippen molar-refractivity contribution in [1.29, 1.82) is 0 Å². The Morgan fingerprint density at radius 2 is 2.36 bits per heavy atom. The first-order valence-electron chi connectivity index (χ1n) is 3.38. The van der Waals surface area contributed by atoms with Gasteiger partial charge in [0, 0.05) is 32.7 Å². The average Bonchev–Trinajstić information content (AvgIpc) is 2.05. The normalized spacial score (nSPS) is 15.3. The van der Waals surface area contributed by atoms with Crippen LogP contribution < -0.4 is 0 Å². The first-order chi connectivity index (χ1) is 5.22. The fourth-order valence-corrected chi connectivity index (χ4v) is 0.775. The van der Waals surface area contributed by atoms with E-state index in [1.165, 1.54) is 4.90 Å². The largest absolute Gasteiger partial charge is 0.330 e. The lowest BCUT2D eigenvalue weighted by atomic mass is 10.5. The number of rotatable bonds is 0. The smallest absolute Gasteiger partial charge is 0.323 e. The van der Waals surface area contributed by atoms with Gasteiger partial charge in [-0.05, 0) is 0 Å². The number of carbonyl (C=O) groups excluding carboxylic acids is 1. The van der Waals surface area contributed by atoms with Gasteiger partial charge in [-0.15, -0.1) is 0 Å². The van der Waals surface area contributed by atoms with Crippen LogP contribution in [0.15, 0.2) is 17.4 Å².